The molecule has 0 aliphatic heterocycles. The van der Waals surface area contributed by atoms with Crippen LogP contribution in [0.15, 0.2) is 40.0 Å². The Bertz CT molecular complexity index is 529. The Balaban J connectivity index is 3.22. The molecule has 1 N–H and O–H groups in total. The summed E-state index contributed by atoms with van der Waals surface area (Å²) in [5.41, 5.74) is 1.39. The van der Waals surface area contributed by atoms with Crippen LogP contribution in [0.3, 0.4) is 0 Å². The molecule has 0 saturated heterocycles. The molecule has 3 heteroatoms. The van der Waals surface area contributed by atoms with Crippen molar-refractivity contribution in [3.8, 4) is 0 Å². The van der Waals surface area contributed by atoms with E-state index in [9.17, 15) is 4.79 Å². The Morgan fingerprint density at radius 3 is 1.89 bits per heavy atom. The topological polar surface area (TPSA) is 37.3 Å². The van der Waals surface area contributed by atoms with Gasteiger partial charge in [0.05, 0.1) is 0 Å². The van der Waals surface area contributed by atoms with Gasteiger partial charge in [0, 0.05) is 0 Å². The minimum absolute atomic E-state index is 0.259. The number of allylic oxidation sites excluding steroid dienone is 2. The molecule has 0 fully saturated rings. The van der Waals surface area contributed by atoms with Crippen molar-refractivity contribution in [3.05, 3.63) is 45.6 Å². The van der Waals surface area contributed by atoms with Gasteiger partial charge in [-0.05, 0) is 0 Å². The summed E-state index contributed by atoms with van der Waals surface area (Å²) in [6.45, 7) is 6.92. The van der Waals surface area contributed by atoms with Crippen LogP contribution in [0.5, 0.6) is 0 Å². The van der Waals surface area contributed by atoms with Crippen molar-refractivity contribution in [2.75, 3.05) is 0 Å². The Morgan fingerprint density at radius 1 is 0.926 bits per heavy atom. The van der Waals surface area contributed by atoms with Gasteiger partial charge in [-0.2, -0.15) is 0 Å². The van der Waals surface area contributed by atoms with Crippen LogP contribution in [0.1, 0.15) is 77.7 Å². The summed E-state index contributed by atoms with van der Waals surface area (Å²) in [6, 6.07) is 10.8. The van der Waals surface area contributed by atoms with Crippen molar-refractivity contribution in [1.82, 2.24) is 0 Å². The predicted octanol–water partition coefficient (Wildman–Crippen LogP) is 7.41. The van der Waals surface area contributed by atoms with E-state index in [1.165, 1.54) is 57.4 Å². The first kappa shape index (κ1) is 24.3. The van der Waals surface area contributed by atoms with Gasteiger partial charge >= 0.3 is 172 Å². The van der Waals surface area contributed by atoms with E-state index < -0.39 is 24.3 Å². The first-order chi connectivity index (χ1) is 13.1. The normalized spacial score (nSPS) is 12.3. The van der Waals surface area contributed by atoms with E-state index in [1.54, 1.807) is 3.59 Å². The molecule has 152 valence electrons. The fourth-order valence-electron chi connectivity index (χ4n) is 4.06. The molecule has 2 nitrogen and oxygen atoms in total. The number of rotatable bonds is 15. The van der Waals surface area contributed by atoms with E-state index >= 15 is 0 Å². The van der Waals surface area contributed by atoms with E-state index in [4.69, 9.17) is 5.11 Å². The van der Waals surface area contributed by atoms with E-state index in [0.29, 0.717) is 6.42 Å². The van der Waals surface area contributed by atoms with Crippen LogP contribution in [-0.2, 0) is 11.2 Å². The standard InChI is InChI=1S/C12H13O2.3C4H9.Sn/c13-12(14)10-6-2-5-9-11-7-3-1-4-8-11;3*1-3-4-2;/h1-4,7-8H,6,9-10H2,(H,13,14);3*1,3-4H2,2H3;. The third-order valence-corrected chi connectivity index (χ3v) is 21.9. The van der Waals surface area contributed by atoms with Crippen LogP contribution in [0, 0.1) is 0 Å². The summed E-state index contributed by atoms with van der Waals surface area (Å²) in [6.07, 6.45) is 12.2. The molecule has 0 heterocycles. The summed E-state index contributed by atoms with van der Waals surface area (Å²) in [4.78, 5) is 11.1. The van der Waals surface area contributed by atoms with Gasteiger partial charge in [0.2, 0.25) is 0 Å². The minimum atomic E-state index is -2.50. The molecular formula is C24H40O2Sn. The van der Waals surface area contributed by atoms with Crippen LogP contribution in [-0.4, -0.2) is 29.5 Å². The monoisotopic (exact) mass is 480 g/mol. The number of hydrogen-bond acceptors (Lipinski definition) is 1. The fraction of sp³-hybridized carbons (Fsp3) is 0.625. The maximum absolute atomic E-state index is 11.1. The summed E-state index contributed by atoms with van der Waals surface area (Å²) in [5.74, 6) is -0.679. The molecule has 0 aromatic heterocycles. The van der Waals surface area contributed by atoms with Gasteiger partial charge in [-0.1, -0.05) is 0 Å². The Hall–Kier alpha value is -0.771. The number of carbonyl (C=O) groups is 1. The van der Waals surface area contributed by atoms with E-state index in [2.05, 4.69) is 57.2 Å². The Morgan fingerprint density at radius 2 is 1.44 bits per heavy atom. The zero-order chi connectivity index (χ0) is 20.0. The van der Waals surface area contributed by atoms with Gasteiger partial charge in [-0.3, -0.25) is 0 Å². The number of benzene rings is 1. The molecule has 0 aliphatic carbocycles. The number of unbranched alkanes of at least 4 members (excludes halogenated alkanes) is 3. The Labute approximate surface area is 171 Å². The first-order valence-electron chi connectivity index (χ1n) is 11.0. The van der Waals surface area contributed by atoms with Gasteiger partial charge in [-0.15, -0.1) is 0 Å². The summed E-state index contributed by atoms with van der Waals surface area (Å²) >= 11 is -2.50. The molecule has 1 aromatic rings. The van der Waals surface area contributed by atoms with Crippen LogP contribution in [0.25, 0.3) is 0 Å². The van der Waals surface area contributed by atoms with Crippen LogP contribution in [0.4, 0.5) is 0 Å². The second-order valence-corrected chi connectivity index (χ2v) is 21.3. The summed E-state index contributed by atoms with van der Waals surface area (Å²) in [7, 11) is 0. The average molecular weight is 479 g/mol. The molecule has 0 unspecified atom stereocenters. The maximum atomic E-state index is 11.1. The number of hydrogen-bond donors (Lipinski definition) is 1. The summed E-state index contributed by atoms with van der Waals surface area (Å²) < 4.78 is 6.03. The van der Waals surface area contributed by atoms with Gasteiger partial charge in [0.25, 0.3) is 0 Å². The summed E-state index contributed by atoms with van der Waals surface area (Å²) in [5, 5.41) is 9.13. The molecule has 0 radical (unpaired) electrons. The molecule has 0 bridgehead atoms. The van der Waals surface area contributed by atoms with Crippen molar-refractivity contribution in [2.45, 2.75) is 91.9 Å². The third kappa shape index (κ3) is 9.31. The van der Waals surface area contributed by atoms with Gasteiger partial charge in [0.1, 0.15) is 0 Å². The average Bonchev–Trinajstić information content (AvgIpc) is 2.67. The molecule has 27 heavy (non-hydrogen) atoms. The fourth-order valence-corrected chi connectivity index (χ4v) is 21.1. The number of carboxylic acid groups (broad SMARTS) is 1. The molecule has 0 aliphatic rings. The predicted molar refractivity (Wildman–Crippen MR) is 120 cm³/mol. The zero-order valence-corrected chi connectivity index (χ0v) is 20.7. The Kier molecular flexibility index (Phi) is 12.8. The molecular weight excluding hydrogens is 439 g/mol. The van der Waals surface area contributed by atoms with Crippen LogP contribution >= 0.6 is 0 Å². The van der Waals surface area contributed by atoms with E-state index in [0.717, 1.165) is 6.42 Å². The van der Waals surface area contributed by atoms with Crippen LogP contribution < -0.4 is 0 Å². The van der Waals surface area contributed by atoms with Crippen LogP contribution in [0.2, 0.25) is 13.3 Å². The SMILES string of the molecule is CCC[CH2][Sn]([CH2]CCC)([CH2]CCC)/[C](=C/CCC(=O)O)Cc1ccccc1. The van der Waals surface area contributed by atoms with Crippen molar-refractivity contribution >= 4 is 24.3 Å². The molecule has 1 rings (SSSR count). The molecule has 0 atom stereocenters. The second kappa shape index (κ2) is 14.3. The quantitative estimate of drug-likeness (QED) is 0.266. The van der Waals surface area contributed by atoms with Crippen molar-refractivity contribution in [1.29, 1.82) is 0 Å². The molecule has 0 spiro atoms. The van der Waals surface area contributed by atoms with Gasteiger partial charge in [0.15, 0.2) is 0 Å². The van der Waals surface area contributed by atoms with E-state index in [-0.39, 0.29) is 6.42 Å². The molecule has 0 saturated carbocycles. The van der Waals surface area contributed by atoms with E-state index in [1.807, 2.05) is 0 Å². The molecule has 0 amide bonds. The van der Waals surface area contributed by atoms with Gasteiger partial charge in [-0.25, -0.2) is 0 Å². The zero-order valence-electron chi connectivity index (χ0n) is 17.8. The number of aliphatic carboxylic acids is 1. The number of carboxylic acids is 1. The second-order valence-electron chi connectivity index (χ2n) is 7.92. The van der Waals surface area contributed by atoms with Crippen molar-refractivity contribution in [2.24, 2.45) is 0 Å². The third-order valence-electron chi connectivity index (χ3n) is 5.69. The van der Waals surface area contributed by atoms with Gasteiger partial charge < -0.3 is 0 Å². The van der Waals surface area contributed by atoms with Crippen molar-refractivity contribution in [3.63, 3.8) is 0 Å². The molecule has 1 aromatic carbocycles. The van der Waals surface area contributed by atoms with Crippen molar-refractivity contribution < 1.29 is 9.90 Å². The first-order valence-corrected chi connectivity index (χ1v) is 18.5.